The molecule has 1 saturated heterocycles. The Morgan fingerprint density at radius 1 is 1.03 bits per heavy atom. The summed E-state index contributed by atoms with van der Waals surface area (Å²) in [5, 5.41) is 33.3. The number of amides is 1. The van der Waals surface area contributed by atoms with Crippen LogP contribution in [0.5, 0.6) is 0 Å². The normalized spacial score (nSPS) is 21.0. The Labute approximate surface area is 230 Å². The fourth-order valence-corrected chi connectivity index (χ4v) is 5.30. The fraction of sp³-hybridized carbons (Fsp3) is 0.444. The van der Waals surface area contributed by atoms with Gasteiger partial charge in [0.25, 0.3) is 0 Å². The Morgan fingerprint density at radius 2 is 1.72 bits per heavy atom. The second kappa shape index (κ2) is 13.7. The van der Waals surface area contributed by atoms with Crippen molar-refractivity contribution in [2.45, 2.75) is 63.0 Å². The van der Waals surface area contributed by atoms with E-state index in [-0.39, 0.29) is 43.5 Å². The minimum atomic E-state index is -0.907. The standard InChI is InChI=1S/C27H33N5O6S/c1-17-22(16-39-27-29-30-31-32(27)2)37-26(38-25(17)20-10-8-19(15-33)9-11-20)21-12-6-18(7-13-21)14-28-23(34)4-3-5-24(35)36/h6-13,17,22,25-26,33H,3-5,14-16H2,1-2H3,(H,28,34)(H,35,36)/t17-,22+,25+,26+/m0/s1. The highest BCUT2D eigenvalue weighted by molar-refractivity contribution is 7.99. The van der Waals surface area contributed by atoms with Gasteiger partial charge in [0.05, 0.1) is 18.8 Å². The summed E-state index contributed by atoms with van der Waals surface area (Å²) in [7, 11) is 1.80. The molecule has 1 aliphatic rings. The average molecular weight is 556 g/mol. The first-order chi connectivity index (χ1) is 18.8. The maximum Gasteiger partial charge on any atom is 0.303 e. The third kappa shape index (κ3) is 7.85. The molecular formula is C27H33N5O6S. The van der Waals surface area contributed by atoms with Gasteiger partial charge >= 0.3 is 5.97 Å². The van der Waals surface area contributed by atoms with Crippen LogP contribution in [0.25, 0.3) is 0 Å². The molecule has 1 fully saturated rings. The summed E-state index contributed by atoms with van der Waals surface area (Å²) in [6.45, 7) is 2.43. The number of aryl methyl sites for hydroxylation is 1. The quantitative estimate of drug-likeness (QED) is 0.285. The number of aliphatic hydroxyl groups excluding tert-OH is 1. The summed E-state index contributed by atoms with van der Waals surface area (Å²) in [5.74, 6) is -0.421. The van der Waals surface area contributed by atoms with Crippen LogP contribution in [0.4, 0.5) is 0 Å². The number of hydrogen-bond donors (Lipinski definition) is 3. The zero-order valence-electron chi connectivity index (χ0n) is 21.9. The molecule has 3 N–H and O–H groups in total. The Kier molecular flexibility index (Phi) is 10.0. The van der Waals surface area contributed by atoms with Gasteiger partial charge < -0.3 is 25.0 Å². The van der Waals surface area contributed by atoms with Crippen molar-refractivity contribution in [1.82, 2.24) is 25.5 Å². The summed E-state index contributed by atoms with van der Waals surface area (Å²) in [6.07, 6.45) is -0.528. The van der Waals surface area contributed by atoms with Crippen LogP contribution < -0.4 is 5.32 Å². The lowest BCUT2D eigenvalue weighted by Crippen LogP contribution is -2.38. The molecule has 2 heterocycles. The third-order valence-electron chi connectivity index (χ3n) is 6.62. The van der Waals surface area contributed by atoms with Crippen LogP contribution in [-0.2, 0) is 39.3 Å². The number of thioether (sulfide) groups is 1. The molecular weight excluding hydrogens is 522 g/mol. The van der Waals surface area contributed by atoms with Crippen molar-refractivity contribution < 1.29 is 29.3 Å². The van der Waals surface area contributed by atoms with Gasteiger partial charge in [0.1, 0.15) is 0 Å². The van der Waals surface area contributed by atoms with E-state index in [4.69, 9.17) is 14.6 Å². The van der Waals surface area contributed by atoms with E-state index < -0.39 is 12.3 Å². The lowest BCUT2D eigenvalue weighted by atomic mass is 9.91. The Morgan fingerprint density at radius 3 is 2.36 bits per heavy atom. The smallest absolute Gasteiger partial charge is 0.303 e. The van der Waals surface area contributed by atoms with E-state index in [2.05, 4.69) is 27.8 Å². The van der Waals surface area contributed by atoms with Crippen molar-refractivity contribution in [3.05, 3.63) is 70.8 Å². The van der Waals surface area contributed by atoms with E-state index >= 15 is 0 Å². The molecule has 2 aromatic carbocycles. The summed E-state index contributed by atoms with van der Waals surface area (Å²) < 4.78 is 14.5. The number of ether oxygens (including phenoxy) is 2. The highest BCUT2D eigenvalue weighted by Gasteiger charge is 2.38. The van der Waals surface area contributed by atoms with E-state index in [0.717, 1.165) is 22.3 Å². The van der Waals surface area contributed by atoms with E-state index in [0.29, 0.717) is 23.9 Å². The summed E-state index contributed by atoms with van der Waals surface area (Å²) in [4.78, 5) is 22.6. The van der Waals surface area contributed by atoms with Gasteiger partial charge in [-0.1, -0.05) is 67.2 Å². The van der Waals surface area contributed by atoms with Crippen molar-refractivity contribution in [3.8, 4) is 0 Å². The maximum absolute atomic E-state index is 12.0. The minimum absolute atomic E-state index is 0.0206. The number of carbonyl (C=O) groups excluding carboxylic acids is 1. The maximum atomic E-state index is 12.0. The van der Waals surface area contributed by atoms with Gasteiger partial charge in [-0.3, -0.25) is 9.59 Å². The van der Waals surface area contributed by atoms with Crippen LogP contribution in [0.15, 0.2) is 53.7 Å². The molecule has 0 radical (unpaired) electrons. The lowest BCUT2D eigenvalue weighted by Gasteiger charge is -2.41. The van der Waals surface area contributed by atoms with Crippen LogP contribution in [0.3, 0.4) is 0 Å². The van der Waals surface area contributed by atoms with Crippen molar-refractivity contribution >= 4 is 23.6 Å². The molecule has 1 aromatic heterocycles. The number of carboxylic acid groups (broad SMARTS) is 1. The number of carbonyl (C=O) groups is 2. The lowest BCUT2D eigenvalue weighted by molar-refractivity contribution is -0.268. The molecule has 208 valence electrons. The second-order valence-corrected chi connectivity index (χ2v) is 10.5. The molecule has 1 amide bonds. The molecule has 11 nitrogen and oxygen atoms in total. The predicted octanol–water partition coefficient (Wildman–Crippen LogP) is 3.16. The molecule has 0 spiro atoms. The first kappa shape index (κ1) is 28.7. The Bertz CT molecular complexity index is 1240. The third-order valence-corrected chi connectivity index (χ3v) is 7.72. The van der Waals surface area contributed by atoms with Gasteiger partial charge in [-0.05, 0) is 33.5 Å². The van der Waals surface area contributed by atoms with Crippen LogP contribution in [0.1, 0.15) is 60.8 Å². The monoisotopic (exact) mass is 555 g/mol. The number of nitrogens with zero attached hydrogens (tertiary/aromatic N) is 4. The molecule has 0 unspecified atom stereocenters. The van der Waals surface area contributed by atoms with Gasteiger partial charge in [0.2, 0.25) is 11.1 Å². The number of aliphatic hydroxyl groups is 1. The number of carboxylic acids is 1. The first-order valence-corrected chi connectivity index (χ1v) is 13.8. The zero-order chi connectivity index (χ0) is 27.8. The average Bonchev–Trinajstić information content (AvgIpc) is 3.36. The van der Waals surface area contributed by atoms with Crippen molar-refractivity contribution in [2.24, 2.45) is 13.0 Å². The van der Waals surface area contributed by atoms with Gasteiger partial charge in [-0.25, -0.2) is 4.68 Å². The van der Waals surface area contributed by atoms with Gasteiger partial charge in [0.15, 0.2) is 6.29 Å². The molecule has 39 heavy (non-hydrogen) atoms. The number of aromatic nitrogens is 4. The molecule has 4 atom stereocenters. The molecule has 0 saturated carbocycles. The number of tetrazole rings is 1. The number of nitrogens with one attached hydrogen (secondary N) is 1. The van der Waals surface area contributed by atoms with Crippen LogP contribution in [0, 0.1) is 5.92 Å². The minimum Gasteiger partial charge on any atom is -0.481 e. The Balaban J connectivity index is 1.44. The molecule has 1 aliphatic heterocycles. The van der Waals surface area contributed by atoms with Gasteiger partial charge in [0, 0.05) is 43.7 Å². The topological polar surface area (TPSA) is 149 Å². The van der Waals surface area contributed by atoms with Crippen molar-refractivity contribution in [3.63, 3.8) is 0 Å². The van der Waals surface area contributed by atoms with E-state index in [1.54, 1.807) is 11.7 Å². The van der Waals surface area contributed by atoms with E-state index in [9.17, 15) is 14.7 Å². The largest absolute Gasteiger partial charge is 0.481 e. The number of aliphatic carboxylic acids is 1. The van der Waals surface area contributed by atoms with E-state index in [1.807, 2.05) is 48.5 Å². The molecule has 12 heteroatoms. The fourth-order valence-electron chi connectivity index (χ4n) is 4.29. The number of hydrogen-bond acceptors (Lipinski definition) is 9. The zero-order valence-corrected chi connectivity index (χ0v) is 22.7. The van der Waals surface area contributed by atoms with Crippen molar-refractivity contribution in [2.75, 3.05) is 5.75 Å². The van der Waals surface area contributed by atoms with Crippen LogP contribution in [-0.4, -0.2) is 54.2 Å². The predicted molar refractivity (Wildman–Crippen MR) is 142 cm³/mol. The second-order valence-electron chi connectivity index (χ2n) is 9.48. The van der Waals surface area contributed by atoms with Crippen LogP contribution >= 0.6 is 11.8 Å². The summed E-state index contributed by atoms with van der Waals surface area (Å²) >= 11 is 1.52. The van der Waals surface area contributed by atoms with Gasteiger partial charge in [-0.15, -0.1) is 5.10 Å². The molecule has 0 aliphatic carbocycles. The highest BCUT2D eigenvalue weighted by atomic mass is 32.2. The number of benzene rings is 2. The van der Waals surface area contributed by atoms with Gasteiger partial charge in [-0.2, -0.15) is 0 Å². The van der Waals surface area contributed by atoms with Crippen molar-refractivity contribution in [1.29, 1.82) is 0 Å². The summed E-state index contributed by atoms with van der Waals surface area (Å²) in [5.41, 5.74) is 3.60. The van der Waals surface area contributed by atoms with E-state index in [1.165, 1.54) is 11.8 Å². The molecule has 3 aromatic rings. The van der Waals surface area contributed by atoms with Crippen LogP contribution in [0.2, 0.25) is 0 Å². The SMILES string of the molecule is C[C@H]1[C@@H](CSc2nnnn2C)O[C@@H](c2ccc(CNC(=O)CCCC(=O)O)cc2)O[C@H]1c1ccc(CO)cc1. The highest BCUT2D eigenvalue weighted by Crippen LogP contribution is 2.42. The molecule has 4 rings (SSSR count). The molecule has 0 bridgehead atoms. The Hall–Kier alpha value is -3.32. The number of rotatable bonds is 12. The first-order valence-electron chi connectivity index (χ1n) is 12.8. The summed E-state index contributed by atoms with van der Waals surface area (Å²) in [6, 6.07) is 15.4.